The molecule has 118 valence electrons. The maximum atomic E-state index is 13.4. The van der Waals surface area contributed by atoms with E-state index >= 15 is 0 Å². The summed E-state index contributed by atoms with van der Waals surface area (Å²) in [6.07, 6.45) is 3.43. The van der Waals surface area contributed by atoms with Gasteiger partial charge in [-0.15, -0.1) is 10.2 Å². The highest BCUT2D eigenvalue weighted by Gasteiger charge is 2.12. The number of ether oxygens (including phenoxy) is 1. The van der Waals surface area contributed by atoms with Gasteiger partial charge >= 0.3 is 0 Å². The van der Waals surface area contributed by atoms with Crippen LogP contribution in [0.4, 0.5) is 4.39 Å². The highest BCUT2D eigenvalue weighted by Crippen LogP contribution is 2.29. The summed E-state index contributed by atoms with van der Waals surface area (Å²) < 4.78 is 20.6. The molecule has 0 bridgehead atoms. The minimum absolute atomic E-state index is 0.281. The lowest BCUT2D eigenvalue weighted by Gasteiger charge is -2.08. The summed E-state index contributed by atoms with van der Waals surface area (Å²) in [5.74, 6) is 1.69. The molecule has 0 saturated carbocycles. The summed E-state index contributed by atoms with van der Waals surface area (Å²) in [6, 6.07) is 8.26. The fourth-order valence-corrected chi connectivity index (χ4v) is 3.08. The first-order valence-electron chi connectivity index (χ1n) is 6.94. The van der Waals surface area contributed by atoms with Gasteiger partial charge in [-0.05, 0) is 30.3 Å². The monoisotopic (exact) mass is 330 g/mol. The van der Waals surface area contributed by atoms with Crippen molar-refractivity contribution in [2.45, 2.75) is 10.9 Å². The molecule has 0 amide bonds. The topological polar surface area (TPSA) is 52.8 Å². The molecule has 3 aromatic rings. The van der Waals surface area contributed by atoms with E-state index in [9.17, 15) is 4.39 Å². The number of methoxy groups -OCH3 is 1. The van der Waals surface area contributed by atoms with Crippen LogP contribution < -0.4 is 4.74 Å². The largest absolute Gasteiger partial charge is 0.496 e. The number of rotatable bonds is 5. The molecule has 0 N–H and O–H groups in total. The second-order valence-electron chi connectivity index (χ2n) is 4.85. The second kappa shape index (κ2) is 6.78. The Balaban J connectivity index is 1.80. The van der Waals surface area contributed by atoms with Crippen molar-refractivity contribution in [3.8, 4) is 17.1 Å². The van der Waals surface area contributed by atoms with E-state index in [2.05, 4.69) is 15.2 Å². The molecule has 0 spiro atoms. The van der Waals surface area contributed by atoms with E-state index in [-0.39, 0.29) is 5.82 Å². The van der Waals surface area contributed by atoms with Gasteiger partial charge in [0.15, 0.2) is 11.0 Å². The molecule has 0 aliphatic heterocycles. The maximum absolute atomic E-state index is 13.4. The summed E-state index contributed by atoms with van der Waals surface area (Å²) in [4.78, 5) is 4.00. The van der Waals surface area contributed by atoms with E-state index in [0.717, 1.165) is 22.1 Å². The minimum Gasteiger partial charge on any atom is -0.496 e. The molecule has 0 saturated heterocycles. The molecule has 5 nitrogen and oxygen atoms in total. The predicted molar refractivity (Wildman–Crippen MR) is 86.7 cm³/mol. The molecule has 7 heteroatoms. The zero-order valence-electron chi connectivity index (χ0n) is 12.7. The van der Waals surface area contributed by atoms with Crippen LogP contribution in [0.3, 0.4) is 0 Å². The molecular formula is C16H15FN4OS. The zero-order valence-corrected chi connectivity index (χ0v) is 13.5. The summed E-state index contributed by atoms with van der Waals surface area (Å²) in [7, 11) is 3.48. The predicted octanol–water partition coefficient (Wildman–Crippen LogP) is 3.32. The molecule has 0 radical (unpaired) electrons. The molecule has 0 aliphatic rings. The average Bonchev–Trinajstić information content (AvgIpc) is 2.94. The lowest BCUT2D eigenvalue weighted by Crippen LogP contribution is -1.96. The zero-order chi connectivity index (χ0) is 16.2. The Morgan fingerprint density at radius 1 is 1.17 bits per heavy atom. The summed E-state index contributed by atoms with van der Waals surface area (Å²) in [5.41, 5.74) is 1.73. The molecule has 0 aliphatic carbocycles. The van der Waals surface area contributed by atoms with Gasteiger partial charge in [0.2, 0.25) is 0 Å². The molecule has 2 aromatic heterocycles. The highest BCUT2D eigenvalue weighted by molar-refractivity contribution is 7.98. The lowest BCUT2D eigenvalue weighted by molar-refractivity contribution is 0.410. The number of pyridine rings is 1. The number of aromatic nitrogens is 4. The molecule has 0 atom stereocenters. The number of hydrogen-bond donors (Lipinski definition) is 0. The fraction of sp³-hybridized carbons (Fsp3) is 0.188. The number of halogens is 1. The Morgan fingerprint density at radius 3 is 2.70 bits per heavy atom. The number of nitrogens with zero attached hydrogens (tertiary/aromatic N) is 4. The van der Waals surface area contributed by atoms with E-state index in [1.165, 1.54) is 23.9 Å². The van der Waals surface area contributed by atoms with Crippen molar-refractivity contribution in [3.05, 3.63) is 54.1 Å². The Bertz CT molecular complexity index is 807. The van der Waals surface area contributed by atoms with Crippen molar-refractivity contribution in [1.29, 1.82) is 0 Å². The van der Waals surface area contributed by atoms with Gasteiger partial charge in [0.25, 0.3) is 0 Å². The standard InChI is InChI=1S/C16H15FN4OS/c1-21-15(11-5-7-18-8-6-11)19-20-16(21)23-10-12-9-13(17)3-4-14(12)22-2/h3-9H,10H2,1-2H3. The van der Waals surface area contributed by atoms with Gasteiger partial charge in [-0.25, -0.2) is 4.39 Å². The Morgan fingerprint density at radius 2 is 1.96 bits per heavy atom. The van der Waals surface area contributed by atoms with Crippen LogP contribution >= 0.6 is 11.8 Å². The first-order valence-corrected chi connectivity index (χ1v) is 7.92. The molecule has 3 rings (SSSR count). The van der Waals surface area contributed by atoms with Gasteiger partial charge in [0, 0.05) is 36.3 Å². The van der Waals surface area contributed by atoms with Crippen LogP contribution in [0, 0.1) is 5.82 Å². The van der Waals surface area contributed by atoms with Crippen molar-refractivity contribution in [2.24, 2.45) is 7.05 Å². The van der Waals surface area contributed by atoms with E-state index in [1.807, 2.05) is 23.7 Å². The van der Waals surface area contributed by atoms with Crippen molar-refractivity contribution < 1.29 is 9.13 Å². The van der Waals surface area contributed by atoms with Crippen LogP contribution in [-0.4, -0.2) is 26.9 Å². The molecule has 0 fully saturated rings. The third-order valence-corrected chi connectivity index (χ3v) is 4.44. The van der Waals surface area contributed by atoms with Gasteiger partial charge in [0.05, 0.1) is 7.11 Å². The van der Waals surface area contributed by atoms with E-state index in [4.69, 9.17) is 4.74 Å². The SMILES string of the molecule is COc1ccc(F)cc1CSc1nnc(-c2ccncc2)n1C. The first-order chi connectivity index (χ1) is 11.2. The number of hydrogen-bond acceptors (Lipinski definition) is 5. The van der Waals surface area contributed by atoms with Crippen molar-refractivity contribution in [2.75, 3.05) is 7.11 Å². The van der Waals surface area contributed by atoms with Crippen LogP contribution in [0.2, 0.25) is 0 Å². The lowest BCUT2D eigenvalue weighted by atomic mass is 10.2. The third kappa shape index (κ3) is 3.34. The van der Waals surface area contributed by atoms with Gasteiger partial charge < -0.3 is 9.30 Å². The maximum Gasteiger partial charge on any atom is 0.191 e. The van der Waals surface area contributed by atoms with Gasteiger partial charge in [0.1, 0.15) is 11.6 Å². The van der Waals surface area contributed by atoms with Crippen LogP contribution in [0.25, 0.3) is 11.4 Å². The summed E-state index contributed by atoms with van der Waals surface area (Å²) >= 11 is 1.48. The minimum atomic E-state index is -0.281. The van der Waals surface area contributed by atoms with Crippen molar-refractivity contribution in [1.82, 2.24) is 19.7 Å². The van der Waals surface area contributed by atoms with E-state index in [1.54, 1.807) is 25.6 Å². The molecular weight excluding hydrogens is 315 g/mol. The molecule has 1 aromatic carbocycles. The quantitative estimate of drug-likeness (QED) is 0.672. The highest BCUT2D eigenvalue weighted by atomic mass is 32.2. The van der Waals surface area contributed by atoms with E-state index < -0.39 is 0 Å². The van der Waals surface area contributed by atoms with Crippen LogP contribution in [0.5, 0.6) is 5.75 Å². The van der Waals surface area contributed by atoms with Crippen molar-refractivity contribution >= 4 is 11.8 Å². The smallest absolute Gasteiger partial charge is 0.191 e. The Kier molecular flexibility index (Phi) is 4.57. The average molecular weight is 330 g/mol. The normalized spacial score (nSPS) is 10.7. The summed E-state index contributed by atoms with van der Waals surface area (Å²) in [6.45, 7) is 0. The van der Waals surface area contributed by atoms with Gasteiger partial charge in [-0.1, -0.05) is 11.8 Å². The van der Waals surface area contributed by atoms with Gasteiger partial charge in [-0.2, -0.15) is 0 Å². The second-order valence-corrected chi connectivity index (χ2v) is 5.79. The number of benzene rings is 1. The van der Waals surface area contributed by atoms with Crippen LogP contribution in [0.1, 0.15) is 5.56 Å². The third-order valence-electron chi connectivity index (χ3n) is 3.37. The van der Waals surface area contributed by atoms with Gasteiger partial charge in [-0.3, -0.25) is 4.98 Å². The molecule has 23 heavy (non-hydrogen) atoms. The molecule has 2 heterocycles. The fourth-order valence-electron chi connectivity index (χ4n) is 2.20. The molecule has 0 unspecified atom stereocenters. The first kappa shape index (κ1) is 15.5. The summed E-state index contributed by atoms with van der Waals surface area (Å²) in [5, 5.41) is 9.18. The van der Waals surface area contributed by atoms with E-state index in [0.29, 0.717) is 11.5 Å². The number of thioether (sulfide) groups is 1. The van der Waals surface area contributed by atoms with Crippen LogP contribution in [0.15, 0.2) is 47.9 Å². The van der Waals surface area contributed by atoms with Crippen LogP contribution in [-0.2, 0) is 12.8 Å². The Labute approximate surface area is 137 Å². The van der Waals surface area contributed by atoms with Crippen molar-refractivity contribution in [3.63, 3.8) is 0 Å². The Hall–Kier alpha value is -2.41.